The van der Waals surface area contributed by atoms with Crippen molar-refractivity contribution < 1.29 is 145 Å². The number of aromatic nitrogens is 6. The van der Waals surface area contributed by atoms with E-state index >= 15 is 0 Å². The predicted molar refractivity (Wildman–Crippen MR) is 424 cm³/mol. The average Bonchev–Trinajstić information content (AvgIpc) is 1.24. The fraction of sp³-hybridized carbons (Fsp3) is 0.0909. The Bertz CT molecular complexity index is 5150. The molecule has 0 atom stereocenters. The van der Waals surface area contributed by atoms with Gasteiger partial charge >= 0.3 is 0 Å². The van der Waals surface area contributed by atoms with Gasteiger partial charge in [0.15, 0.2) is 23.1 Å². The third-order valence-electron chi connectivity index (χ3n) is 13.7. The molecule has 0 fully saturated rings. The summed E-state index contributed by atoms with van der Waals surface area (Å²) >= 11 is 3.33. The number of aliphatic hydroxyl groups excluding tert-OH is 4. The molecule has 573 valence electrons. The summed E-state index contributed by atoms with van der Waals surface area (Å²) in [5.74, 6) is 0.372. The summed E-state index contributed by atoms with van der Waals surface area (Å²) in [5, 5.41) is 47.0. The first-order valence-corrected chi connectivity index (χ1v) is 34.4. The second-order valence-electron chi connectivity index (χ2n) is 22.7. The Hall–Kier alpha value is -9.71. The van der Waals surface area contributed by atoms with Crippen LogP contribution in [0.1, 0.15) is 55.4 Å². The summed E-state index contributed by atoms with van der Waals surface area (Å²) in [5.41, 5.74) is 8.55. The second-order valence-corrected chi connectivity index (χ2v) is 24.5. The summed E-state index contributed by atoms with van der Waals surface area (Å²) in [6.07, 6.45) is 15.5. The van der Waals surface area contributed by atoms with Crippen molar-refractivity contribution in [2.75, 3.05) is 0 Å². The summed E-state index contributed by atoms with van der Waals surface area (Å²) in [6, 6.07) is 86.3. The fourth-order valence-electron chi connectivity index (χ4n) is 9.54. The van der Waals surface area contributed by atoms with Gasteiger partial charge in [0.05, 0.1) is 28.6 Å². The minimum absolute atomic E-state index is 0. The molecular weight excluding hydrogens is 2310 g/mol. The number of oxazole rings is 1. The van der Waals surface area contributed by atoms with Crippen molar-refractivity contribution in [2.24, 2.45) is 0 Å². The minimum atomic E-state index is -0.125. The number of pyridine rings is 5. The summed E-state index contributed by atoms with van der Waals surface area (Å²) < 4.78 is 5.61. The Kier molecular flexibility index (Phi) is 45.9. The van der Waals surface area contributed by atoms with Gasteiger partial charge < -0.3 is 44.8 Å². The normalized spacial score (nSPS) is 10.3. The first-order chi connectivity index (χ1) is 50.7. The number of carbonyl (C=O) groups is 4. The molecule has 15 nitrogen and oxygen atoms in total. The molecule has 15 rings (SSSR count). The fourth-order valence-corrected chi connectivity index (χ4v) is 10.9. The van der Waals surface area contributed by atoms with Crippen molar-refractivity contribution >= 4 is 100.0 Å². The molecule has 15 aromatic rings. The third-order valence-corrected chi connectivity index (χ3v) is 15.4. The van der Waals surface area contributed by atoms with E-state index in [1.165, 1.54) is 112 Å². The van der Waals surface area contributed by atoms with Crippen LogP contribution in [0.2, 0.25) is 0 Å². The topological polar surface area (TPSA) is 240 Å². The number of hydrogen-bond donors (Lipinski definition) is 4. The molecule has 110 heavy (non-hydrogen) atoms. The number of aliphatic hydroxyl groups is 4. The van der Waals surface area contributed by atoms with Crippen molar-refractivity contribution in [1.29, 1.82) is 0 Å². The van der Waals surface area contributed by atoms with Gasteiger partial charge in [-0.3, -0.25) is 29.1 Å². The molecule has 0 amide bonds. The van der Waals surface area contributed by atoms with Gasteiger partial charge in [0.1, 0.15) is 11.5 Å². The van der Waals surface area contributed by atoms with E-state index in [0.717, 1.165) is 71.1 Å². The van der Waals surface area contributed by atoms with Gasteiger partial charge in [0.25, 0.3) is 0 Å². The SMILES string of the molecule is CC(=O)C=C(C)O.CC(=O)C=C(C)O.CC(=O)C=C(C)O.CC(=O)C=C(C)O.[Ir].[Ir].[Ir].[Ir].[Ir].[c-]1cc2ccccc2cc1-c1cc2ccccc2cn1.[c-]1ccccc1-c1nc2ccccc2o1.[c-]1ccsc1-c1ccccn1.[c-]1ccsc1-c1nccc2ccccc12.[c-]1cnccc1-c1nccc2ccccc12. The quantitative estimate of drug-likeness (QED) is 0.0597. The molecule has 0 aliphatic carbocycles. The largest absolute Gasteiger partial charge is 0.512 e. The van der Waals surface area contributed by atoms with E-state index in [1.54, 1.807) is 41.3 Å². The molecule has 0 saturated heterocycles. The molecule has 0 spiro atoms. The Morgan fingerprint density at radius 2 is 0.864 bits per heavy atom. The van der Waals surface area contributed by atoms with Crippen LogP contribution in [0.15, 0.2) is 312 Å². The zero-order valence-electron chi connectivity index (χ0n) is 60.6. The number of para-hydroxylation sites is 2. The van der Waals surface area contributed by atoms with Gasteiger partial charge in [0, 0.05) is 150 Å². The van der Waals surface area contributed by atoms with Crippen LogP contribution in [0.5, 0.6) is 0 Å². The van der Waals surface area contributed by atoms with Crippen molar-refractivity contribution in [3.05, 3.63) is 338 Å². The van der Waals surface area contributed by atoms with Crippen LogP contribution in [-0.2, 0) is 120 Å². The average molecular weight is 2390 g/mol. The van der Waals surface area contributed by atoms with Gasteiger partial charge in [0.2, 0.25) is 0 Å². The molecule has 0 saturated carbocycles. The predicted octanol–water partition coefficient (Wildman–Crippen LogP) is 21.8. The maximum Gasteiger partial charge on any atom is 0.155 e. The number of fused-ring (bicyclic) bond motifs is 5. The van der Waals surface area contributed by atoms with Gasteiger partial charge in [-0.1, -0.05) is 148 Å². The minimum Gasteiger partial charge on any atom is -0.512 e. The summed E-state index contributed by atoms with van der Waals surface area (Å²) in [7, 11) is 0. The molecular formula is C88H75Ir5N6O9S2-5. The Morgan fingerprint density at radius 1 is 0.382 bits per heavy atom. The van der Waals surface area contributed by atoms with Crippen LogP contribution in [0.3, 0.4) is 0 Å². The monoisotopic (exact) mass is 2390 g/mol. The third kappa shape index (κ3) is 34.1. The number of ketones is 4. The smallest absolute Gasteiger partial charge is 0.155 e. The number of rotatable bonds is 9. The summed E-state index contributed by atoms with van der Waals surface area (Å²) in [6.45, 7) is 11.4. The van der Waals surface area contributed by atoms with Crippen LogP contribution in [0.4, 0.5) is 0 Å². The first kappa shape index (κ1) is 96.4. The van der Waals surface area contributed by atoms with Crippen LogP contribution < -0.4 is 0 Å². The zero-order valence-corrected chi connectivity index (χ0v) is 74.2. The van der Waals surface area contributed by atoms with Crippen LogP contribution in [0, 0.1) is 30.3 Å². The first-order valence-electron chi connectivity index (χ1n) is 32.6. The second kappa shape index (κ2) is 52.4. The maximum atomic E-state index is 10.0. The number of hydrogen-bond acceptors (Lipinski definition) is 17. The van der Waals surface area contributed by atoms with Gasteiger partial charge in [-0.15, -0.1) is 76.3 Å². The Balaban J connectivity index is 0.000000429. The van der Waals surface area contributed by atoms with E-state index in [9.17, 15) is 19.2 Å². The van der Waals surface area contributed by atoms with Gasteiger partial charge in [-0.2, -0.15) is 35.9 Å². The molecule has 4 N–H and O–H groups in total. The molecule has 7 aromatic carbocycles. The number of carbonyl (C=O) groups excluding carboxylic acids is 4. The van der Waals surface area contributed by atoms with Crippen molar-refractivity contribution in [2.45, 2.75) is 55.4 Å². The number of thiophene rings is 2. The van der Waals surface area contributed by atoms with Gasteiger partial charge in [-0.25, -0.2) is 22.7 Å². The standard InChI is InChI=1S/C19H12N.C14H9N2.C13H8NO.C13H8NS.C9H6NS.4C5H8O2.5Ir/c1-2-6-15-11-17(10-9-14(15)5-1)19-12-16-7-3-4-8-18(16)13-20-19;1-2-4-13-11(3-1)7-10-16-14(13)12-5-8-15-9-6-12;1-2-6-10(7-3-1)13-14-11-8-4-5-9-12(11)15-13;1-2-5-11-10(4-1)7-8-14-13(11)12-6-3-9-15-12;1-2-6-10-8(4-1)9-5-3-7-11-9;4*1-4(6)3-5(2)7;;;;;/h1-9,11-13H;1-5,7-10H;1-6,8-9H;1-5,7-9H;1-4,6-7H;4*3,6H,1-2H3;;;;;/q5*-1;;;;;;;;;. The molecule has 8 aromatic heterocycles. The van der Waals surface area contributed by atoms with Gasteiger partial charge in [-0.05, 0) is 153 Å². The van der Waals surface area contributed by atoms with Crippen LogP contribution >= 0.6 is 22.7 Å². The van der Waals surface area contributed by atoms with Crippen LogP contribution in [-0.4, -0.2) is 73.5 Å². The Morgan fingerprint density at radius 3 is 1.35 bits per heavy atom. The number of nitrogens with zero attached hydrogens (tertiary/aromatic N) is 6. The van der Waals surface area contributed by atoms with Crippen LogP contribution in [0.25, 0.3) is 109 Å². The zero-order chi connectivity index (χ0) is 75.3. The maximum absolute atomic E-state index is 10.0. The molecule has 0 unspecified atom stereocenters. The number of benzene rings is 7. The molecule has 5 radical (unpaired) electrons. The summed E-state index contributed by atoms with van der Waals surface area (Å²) in [4.78, 5) is 68.2. The molecule has 22 heteroatoms. The van der Waals surface area contributed by atoms with E-state index in [0.29, 0.717) is 5.89 Å². The van der Waals surface area contributed by atoms with E-state index in [4.69, 9.17) is 24.8 Å². The van der Waals surface area contributed by atoms with Crippen molar-refractivity contribution in [3.63, 3.8) is 0 Å². The van der Waals surface area contributed by atoms with E-state index in [1.807, 2.05) is 169 Å². The van der Waals surface area contributed by atoms with Crippen molar-refractivity contribution in [1.82, 2.24) is 29.9 Å². The Labute approximate surface area is 716 Å². The van der Waals surface area contributed by atoms with E-state index in [-0.39, 0.29) is 147 Å². The molecule has 0 bridgehead atoms. The van der Waals surface area contributed by atoms with Crippen molar-refractivity contribution in [3.8, 4) is 55.1 Å². The molecule has 0 aliphatic rings. The number of allylic oxidation sites excluding steroid dienone is 8. The molecule has 0 aliphatic heterocycles. The van der Waals surface area contributed by atoms with E-state index in [2.05, 4.69) is 133 Å². The van der Waals surface area contributed by atoms with E-state index < -0.39 is 0 Å². The molecule has 8 heterocycles.